The zero-order valence-corrected chi connectivity index (χ0v) is 11.9. The lowest BCUT2D eigenvalue weighted by Gasteiger charge is -2.21. The summed E-state index contributed by atoms with van der Waals surface area (Å²) >= 11 is 6.01. The number of hydrogen-bond acceptors (Lipinski definition) is 4. The minimum absolute atomic E-state index is 0.164. The molecule has 0 bridgehead atoms. The molecule has 108 valence electrons. The third-order valence-corrected chi connectivity index (χ3v) is 3.48. The molecule has 0 radical (unpaired) electrons. The maximum absolute atomic E-state index is 12.0. The molecule has 20 heavy (non-hydrogen) atoms. The van der Waals surface area contributed by atoms with Crippen LogP contribution in [-0.2, 0) is 20.9 Å². The Bertz CT molecular complexity index is 479. The largest absolute Gasteiger partial charge is 0.467 e. The average Bonchev–Trinajstić information content (AvgIpc) is 2.87. The molecule has 1 amide bonds. The Morgan fingerprint density at radius 3 is 2.70 bits per heavy atom. The third-order valence-electron chi connectivity index (χ3n) is 3.16. The molecule has 0 unspecified atom stereocenters. The maximum Gasteiger partial charge on any atom is 0.410 e. The highest BCUT2D eigenvalue weighted by Crippen LogP contribution is 2.24. The fourth-order valence-electron chi connectivity index (χ4n) is 2.15. The van der Waals surface area contributed by atoms with Gasteiger partial charge in [-0.2, -0.15) is 0 Å². The summed E-state index contributed by atoms with van der Waals surface area (Å²) < 4.78 is 9.88. The van der Waals surface area contributed by atoms with Gasteiger partial charge in [-0.25, -0.2) is 9.59 Å². The lowest BCUT2D eigenvalue weighted by Crippen LogP contribution is -2.41. The molecule has 1 heterocycles. The Kier molecular flexibility index (Phi) is 4.84. The van der Waals surface area contributed by atoms with Gasteiger partial charge in [0.15, 0.2) is 0 Å². The molecule has 1 aromatic rings. The lowest BCUT2D eigenvalue weighted by molar-refractivity contribution is -0.145. The predicted molar refractivity (Wildman–Crippen MR) is 73.4 cm³/mol. The van der Waals surface area contributed by atoms with Crippen LogP contribution in [0.15, 0.2) is 30.3 Å². The highest BCUT2D eigenvalue weighted by molar-refractivity contribution is 6.21. The number of likely N-dealkylation sites (tertiary alicyclic amines) is 1. The first-order valence-corrected chi connectivity index (χ1v) is 6.74. The second-order valence-corrected chi connectivity index (χ2v) is 5.18. The Balaban J connectivity index is 1.95. The van der Waals surface area contributed by atoms with E-state index in [4.69, 9.17) is 16.3 Å². The number of carbonyl (C=O) groups excluding carboxylic acids is 2. The summed E-state index contributed by atoms with van der Waals surface area (Å²) in [5.41, 5.74) is 0.886. The lowest BCUT2D eigenvalue weighted by atomic mass is 10.2. The first-order valence-electron chi connectivity index (χ1n) is 6.31. The van der Waals surface area contributed by atoms with E-state index in [1.165, 1.54) is 12.0 Å². The number of halogens is 1. The van der Waals surface area contributed by atoms with E-state index in [9.17, 15) is 9.59 Å². The molecule has 1 fully saturated rings. The number of esters is 1. The van der Waals surface area contributed by atoms with Crippen molar-refractivity contribution in [2.45, 2.75) is 24.4 Å². The van der Waals surface area contributed by atoms with Crippen molar-refractivity contribution in [3.63, 3.8) is 0 Å². The van der Waals surface area contributed by atoms with Gasteiger partial charge in [-0.1, -0.05) is 30.3 Å². The summed E-state index contributed by atoms with van der Waals surface area (Å²) in [5.74, 6) is -0.468. The number of alkyl halides is 1. The molecule has 1 saturated heterocycles. The Labute approximate surface area is 122 Å². The van der Waals surface area contributed by atoms with Crippen molar-refractivity contribution >= 4 is 23.7 Å². The van der Waals surface area contributed by atoms with Gasteiger partial charge in [-0.3, -0.25) is 4.90 Å². The van der Waals surface area contributed by atoms with Crippen LogP contribution >= 0.6 is 11.6 Å². The zero-order valence-electron chi connectivity index (χ0n) is 11.1. The van der Waals surface area contributed by atoms with Crippen molar-refractivity contribution in [3.05, 3.63) is 35.9 Å². The van der Waals surface area contributed by atoms with Gasteiger partial charge < -0.3 is 9.47 Å². The van der Waals surface area contributed by atoms with Crippen molar-refractivity contribution in [3.8, 4) is 0 Å². The predicted octanol–water partition coefficient (Wildman–Crippen LogP) is 2.18. The topological polar surface area (TPSA) is 55.8 Å². The minimum Gasteiger partial charge on any atom is -0.467 e. The maximum atomic E-state index is 12.0. The molecule has 5 nitrogen and oxygen atoms in total. The molecule has 1 aromatic carbocycles. The van der Waals surface area contributed by atoms with Crippen LogP contribution in [0.25, 0.3) is 0 Å². The summed E-state index contributed by atoms with van der Waals surface area (Å²) in [7, 11) is 1.29. The number of carbonyl (C=O) groups is 2. The molecule has 1 aliphatic rings. The fourth-order valence-corrected chi connectivity index (χ4v) is 2.47. The average molecular weight is 298 g/mol. The molecular formula is C14H16ClNO4. The molecule has 0 N–H and O–H groups in total. The summed E-state index contributed by atoms with van der Waals surface area (Å²) in [6, 6.07) is 8.68. The van der Waals surface area contributed by atoms with Gasteiger partial charge in [-0.15, -0.1) is 11.6 Å². The number of benzene rings is 1. The van der Waals surface area contributed by atoms with E-state index in [0.717, 1.165) is 5.56 Å². The van der Waals surface area contributed by atoms with Crippen LogP contribution in [-0.4, -0.2) is 42.0 Å². The van der Waals surface area contributed by atoms with E-state index >= 15 is 0 Å². The van der Waals surface area contributed by atoms with E-state index in [2.05, 4.69) is 4.74 Å². The molecule has 6 heteroatoms. The number of amides is 1. The van der Waals surface area contributed by atoms with E-state index in [1.54, 1.807) is 0 Å². The molecule has 2 rings (SSSR count). The van der Waals surface area contributed by atoms with Gasteiger partial charge >= 0.3 is 12.1 Å². The van der Waals surface area contributed by atoms with Gasteiger partial charge in [0.05, 0.1) is 12.5 Å². The van der Waals surface area contributed by atoms with Crippen LogP contribution in [0.4, 0.5) is 4.79 Å². The number of nitrogens with zero attached hydrogens (tertiary/aromatic N) is 1. The second-order valence-electron chi connectivity index (χ2n) is 4.56. The number of hydrogen-bond donors (Lipinski definition) is 0. The highest BCUT2D eigenvalue weighted by Gasteiger charge is 2.40. The van der Waals surface area contributed by atoms with E-state index < -0.39 is 18.1 Å². The van der Waals surface area contributed by atoms with Crippen LogP contribution in [0.5, 0.6) is 0 Å². The van der Waals surface area contributed by atoms with Crippen molar-refractivity contribution in [1.29, 1.82) is 0 Å². The van der Waals surface area contributed by atoms with Crippen LogP contribution in [0.2, 0.25) is 0 Å². The van der Waals surface area contributed by atoms with Gasteiger partial charge in [0, 0.05) is 6.54 Å². The van der Waals surface area contributed by atoms with Crippen molar-refractivity contribution in [2.24, 2.45) is 0 Å². The Hall–Kier alpha value is -1.75. The van der Waals surface area contributed by atoms with Crippen LogP contribution in [0.1, 0.15) is 12.0 Å². The molecule has 0 aromatic heterocycles. The summed E-state index contributed by atoms with van der Waals surface area (Å²) in [4.78, 5) is 25.0. The van der Waals surface area contributed by atoms with Crippen molar-refractivity contribution in [1.82, 2.24) is 4.90 Å². The Morgan fingerprint density at radius 1 is 1.35 bits per heavy atom. The van der Waals surface area contributed by atoms with Gasteiger partial charge in [-0.05, 0) is 12.0 Å². The molecule has 0 saturated carbocycles. The van der Waals surface area contributed by atoms with Crippen LogP contribution in [0.3, 0.4) is 0 Å². The normalized spacial score (nSPS) is 21.6. The standard InChI is InChI=1S/C14H16ClNO4/c1-19-13(17)12-7-11(15)8-16(12)14(18)20-9-10-5-3-2-4-6-10/h2-6,11-12H,7-9H2,1H3/t11-,12-/m0/s1. The first kappa shape index (κ1) is 14.7. The number of rotatable bonds is 3. The van der Waals surface area contributed by atoms with E-state index in [0.29, 0.717) is 6.42 Å². The van der Waals surface area contributed by atoms with E-state index in [1.807, 2.05) is 30.3 Å². The van der Waals surface area contributed by atoms with Gasteiger partial charge in [0.1, 0.15) is 12.6 Å². The summed E-state index contributed by atoms with van der Waals surface area (Å²) in [5, 5.41) is -0.261. The number of methoxy groups -OCH3 is 1. The zero-order chi connectivity index (χ0) is 14.5. The third kappa shape index (κ3) is 3.42. The van der Waals surface area contributed by atoms with Crippen LogP contribution < -0.4 is 0 Å². The molecular weight excluding hydrogens is 282 g/mol. The monoisotopic (exact) mass is 297 g/mol. The molecule has 1 aliphatic heterocycles. The molecule has 0 aliphatic carbocycles. The quantitative estimate of drug-likeness (QED) is 0.634. The SMILES string of the molecule is COC(=O)[C@@H]1C[C@H](Cl)CN1C(=O)OCc1ccccc1. The first-order chi connectivity index (χ1) is 9.61. The van der Waals surface area contributed by atoms with Gasteiger partial charge in [0.25, 0.3) is 0 Å². The summed E-state index contributed by atoms with van der Waals surface area (Å²) in [6.07, 6.45) is -0.165. The smallest absolute Gasteiger partial charge is 0.410 e. The highest BCUT2D eigenvalue weighted by atomic mass is 35.5. The molecule has 2 atom stereocenters. The number of ether oxygens (including phenoxy) is 2. The summed E-state index contributed by atoms with van der Waals surface area (Å²) in [6.45, 7) is 0.450. The molecule has 0 spiro atoms. The van der Waals surface area contributed by atoms with Crippen molar-refractivity contribution in [2.75, 3.05) is 13.7 Å². The fraction of sp³-hybridized carbons (Fsp3) is 0.429. The van der Waals surface area contributed by atoms with Gasteiger partial charge in [0.2, 0.25) is 0 Å². The second kappa shape index (κ2) is 6.61. The Morgan fingerprint density at radius 2 is 2.05 bits per heavy atom. The van der Waals surface area contributed by atoms with Crippen LogP contribution in [0, 0.1) is 0 Å². The van der Waals surface area contributed by atoms with E-state index in [-0.39, 0.29) is 18.5 Å². The minimum atomic E-state index is -0.661. The van der Waals surface area contributed by atoms with Crippen molar-refractivity contribution < 1.29 is 19.1 Å².